The van der Waals surface area contributed by atoms with E-state index in [1.54, 1.807) is 18.0 Å². The molecule has 7 nitrogen and oxygen atoms in total. The first-order valence-electron chi connectivity index (χ1n) is 9.97. The molecule has 1 saturated heterocycles. The number of nitrogens with two attached hydrogens (primary N) is 1. The monoisotopic (exact) mass is 452 g/mol. The van der Waals surface area contributed by atoms with Gasteiger partial charge in [0.2, 0.25) is 5.91 Å². The average Bonchev–Trinajstić information content (AvgIpc) is 3.45. The SMILES string of the molecule is CC(=O)N1CC[C@H](n2cc(C#Cc3c(F)cc4sc(C)nc4c3F)c3c(N)ncnc32)C1. The van der Waals surface area contributed by atoms with Crippen LogP contribution in [0, 0.1) is 30.4 Å². The molecule has 1 amide bonds. The highest BCUT2D eigenvalue weighted by molar-refractivity contribution is 7.18. The quantitative estimate of drug-likeness (QED) is 0.447. The van der Waals surface area contributed by atoms with Crippen LogP contribution in [-0.4, -0.2) is 43.4 Å². The van der Waals surface area contributed by atoms with Gasteiger partial charge in [-0.1, -0.05) is 11.8 Å². The first-order chi connectivity index (χ1) is 15.3. The van der Waals surface area contributed by atoms with Crippen molar-refractivity contribution >= 4 is 44.3 Å². The van der Waals surface area contributed by atoms with Gasteiger partial charge in [0, 0.05) is 26.2 Å². The van der Waals surface area contributed by atoms with Crippen molar-refractivity contribution in [2.24, 2.45) is 0 Å². The van der Waals surface area contributed by atoms with E-state index in [1.165, 1.54) is 30.7 Å². The summed E-state index contributed by atoms with van der Waals surface area (Å²) in [5, 5.41) is 1.17. The Morgan fingerprint density at radius 1 is 1.31 bits per heavy atom. The van der Waals surface area contributed by atoms with Crippen LogP contribution in [0.5, 0.6) is 0 Å². The van der Waals surface area contributed by atoms with Gasteiger partial charge in [-0.3, -0.25) is 4.79 Å². The summed E-state index contributed by atoms with van der Waals surface area (Å²) in [7, 11) is 0. The van der Waals surface area contributed by atoms with Gasteiger partial charge in [0.15, 0.2) is 5.82 Å². The van der Waals surface area contributed by atoms with Crippen molar-refractivity contribution in [3.63, 3.8) is 0 Å². The van der Waals surface area contributed by atoms with Gasteiger partial charge in [-0.25, -0.2) is 23.7 Å². The molecule has 1 aromatic carbocycles. The lowest BCUT2D eigenvalue weighted by Crippen LogP contribution is -2.26. The van der Waals surface area contributed by atoms with Crippen molar-refractivity contribution in [2.45, 2.75) is 26.3 Å². The van der Waals surface area contributed by atoms with Crippen LogP contribution in [0.1, 0.15) is 35.5 Å². The smallest absolute Gasteiger partial charge is 0.219 e. The third-order valence-electron chi connectivity index (χ3n) is 5.65. The fourth-order valence-corrected chi connectivity index (χ4v) is 4.94. The van der Waals surface area contributed by atoms with Gasteiger partial charge in [0.25, 0.3) is 0 Å². The number of rotatable bonds is 1. The number of anilines is 1. The van der Waals surface area contributed by atoms with Gasteiger partial charge in [-0.2, -0.15) is 0 Å². The summed E-state index contributed by atoms with van der Waals surface area (Å²) in [6, 6.07) is 1.25. The Kier molecular flexibility index (Phi) is 4.78. The van der Waals surface area contributed by atoms with E-state index in [2.05, 4.69) is 26.8 Å². The fourth-order valence-electron chi connectivity index (χ4n) is 4.09. The number of carbonyl (C=O) groups excluding carboxylic acids is 1. The number of hydrogen-bond donors (Lipinski definition) is 1. The van der Waals surface area contributed by atoms with E-state index in [1.807, 2.05) is 4.57 Å². The Morgan fingerprint density at radius 2 is 2.12 bits per heavy atom. The molecule has 1 aliphatic rings. The normalized spacial score (nSPS) is 16.0. The van der Waals surface area contributed by atoms with E-state index in [4.69, 9.17) is 5.73 Å². The molecule has 1 fully saturated rings. The van der Waals surface area contributed by atoms with Crippen molar-refractivity contribution < 1.29 is 13.6 Å². The maximum Gasteiger partial charge on any atom is 0.219 e. The lowest BCUT2D eigenvalue weighted by atomic mass is 10.1. The summed E-state index contributed by atoms with van der Waals surface area (Å²) in [5.74, 6) is 4.20. The first-order valence-corrected chi connectivity index (χ1v) is 10.8. The minimum Gasteiger partial charge on any atom is -0.383 e. The van der Waals surface area contributed by atoms with E-state index < -0.39 is 11.6 Å². The summed E-state index contributed by atoms with van der Waals surface area (Å²) < 4.78 is 31.9. The summed E-state index contributed by atoms with van der Waals surface area (Å²) in [6.45, 7) is 4.46. The number of nitrogens with zero attached hydrogens (tertiary/aromatic N) is 5. The van der Waals surface area contributed by atoms with Gasteiger partial charge in [0.1, 0.15) is 29.1 Å². The van der Waals surface area contributed by atoms with Crippen molar-refractivity contribution in [2.75, 3.05) is 18.8 Å². The highest BCUT2D eigenvalue weighted by Gasteiger charge is 2.28. The molecule has 1 aliphatic heterocycles. The fraction of sp³-hybridized carbons (Fsp3) is 0.273. The summed E-state index contributed by atoms with van der Waals surface area (Å²) >= 11 is 1.22. The van der Waals surface area contributed by atoms with Gasteiger partial charge in [0.05, 0.1) is 32.3 Å². The van der Waals surface area contributed by atoms with Crippen LogP contribution < -0.4 is 5.73 Å². The number of carbonyl (C=O) groups is 1. The molecule has 4 heterocycles. The molecule has 0 bridgehead atoms. The van der Waals surface area contributed by atoms with Crippen LogP contribution in [0.2, 0.25) is 0 Å². The zero-order chi connectivity index (χ0) is 22.6. The molecule has 162 valence electrons. The third kappa shape index (κ3) is 3.26. The number of fused-ring (bicyclic) bond motifs is 2. The molecule has 0 saturated carbocycles. The number of thiazole rings is 1. The van der Waals surface area contributed by atoms with E-state index in [-0.39, 0.29) is 28.8 Å². The summed E-state index contributed by atoms with van der Waals surface area (Å²) in [6.07, 6.45) is 3.88. The Morgan fingerprint density at radius 3 is 2.88 bits per heavy atom. The van der Waals surface area contributed by atoms with Gasteiger partial charge in [-0.05, 0) is 19.4 Å². The Balaban J connectivity index is 1.62. The van der Waals surface area contributed by atoms with Crippen molar-refractivity contribution in [1.82, 2.24) is 24.4 Å². The first kappa shape index (κ1) is 20.3. The lowest BCUT2D eigenvalue weighted by molar-refractivity contribution is -0.127. The predicted octanol–water partition coefficient (Wildman–Crippen LogP) is 3.40. The van der Waals surface area contributed by atoms with Gasteiger partial charge in [-0.15, -0.1) is 11.3 Å². The van der Waals surface area contributed by atoms with Crippen LogP contribution in [0.25, 0.3) is 21.3 Å². The number of halogens is 2. The predicted molar refractivity (Wildman–Crippen MR) is 118 cm³/mol. The molecule has 4 aromatic rings. The molecule has 0 radical (unpaired) electrons. The largest absolute Gasteiger partial charge is 0.383 e. The van der Waals surface area contributed by atoms with Crippen LogP contribution in [0.3, 0.4) is 0 Å². The molecule has 10 heteroatoms. The molecule has 5 rings (SSSR count). The van der Waals surface area contributed by atoms with Crippen molar-refractivity contribution in [3.8, 4) is 11.8 Å². The van der Waals surface area contributed by atoms with Crippen LogP contribution in [0.15, 0.2) is 18.6 Å². The molecular weight excluding hydrogens is 434 g/mol. The maximum atomic E-state index is 14.9. The standard InChI is InChI=1S/C22H18F2N6OS/c1-11-28-20-17(32-11)7-16(23)15(19(20)24)4-3-13-8-30(14-5-6-29(9-14)12(2)31)22-18(13)21(25)26-10-27-22/h7-8,10,14H,5-6,9H2,1-2H3,(H2,25,26,27)/t14-/m0/s1. The van der Waals surface area contributed by atoms with Crippen molar-refractivity contribution in [3.05, 3.63) is 46.4 Å². The van der Waals surface area contributed by atoms with Crippen LogP contribution >= 0.6 is 11.3 Å². The van der Waals surface area contributed by atoms with E-state index in [9.17, 15) is 13.6 Å². The van der Waals surface area contributed by atoms with Crippen LogP contribution in [-0.2, 0) is 4.79 Å². The second kappa shape index (κ2) is 7.53. The second-order valence-electron chi connectivity index (χ2n) is 7.69. The van der Waals surface area contributed by atoms with Gasteiger partial charge >= 0.3 is 0 Å². The number of nitrogen functional groups attached to an aromatic ring is 1. The topological polar surface area (TPSA) is 89.9 Å². The third-order valence-corrected chi connectivity index (χ3v) is 6.57. The second-order valence-corrected chi connectivity index (χ2v) is 8.93. The molecule has 1 atom stereocenters. The van der Waals surface area contributed by atoms with Gasteiger partial charge < -0.3 is 15.2 Å². The van der Waals surface area contributed by atoms with E-state index in [0.29, 0.717) is 39.4 Å². The minimum atomic E-state index is -0.780. The van der Waals surface area contributed by atoms with E-state index in [0.717, 1.165) is 6.42 Å². The molecule has 0 spiro atoms. The number of hydrogen-bond acceptors (Lipinski definition) is 6. The highest BCUT2D eigenvalue weighted by atomic mass is 32.1. The average molecular weight is 452 g/mol. The summed E-state index contributed by atoms with van der Waals surface area (Å²) in [5.41, 5.74) is 6.90. The molecule has 0 aliphatic carbocycles. The Bertz CT molecular complexity index is 1460. The number of aryl methyl sites for hydroxylation is 1. The number of amides is 1. The Labute approximate surface area is 185 Å². The highest BCUT2D eigenvalue weighted by Crippen LogP contribution is 2.31. The molecular formula is C22H18F2N6OS. The number of likely N-dealkylation sites (tertiary alicyclic amines) is 1. The molecule has 3 aromatic heterocycles. The van der Waals surface area contributed by atoms with Crippen molar-refractivity contribution in [1.29, 1.82) is 0 Å². The zero-order valence-corrected chi connectivity index (χ0v) is 18.1. The number of aromatic nitrogens is 4. The zero-order valence-electron chi connectivity index (χ0n) is 17.3. The minimum absolute atomic E-state index is 0.00551. The summed E-state index contributed by atoms with van der Waals surface area (Å²) in [4.78, 5) is 26.1. The number of benzene rings is 1. The lowest BCUT2D eigenvalue weighted by Gasteiger charge is -2.15. The maximum absolute atomic E-state index is 14.9. The molecule has 0 unspecified atom stereocenters. The van der Waals surface area contributed by atoms with E-state index >= 15 is 0 Å². The van der Waals surface area contributed by atoms with Crippen LogP contribution in [0.4, 0.5) is 14.6 Å². The molecule has 32 heavy (non-hydrogen) atoms. The Hall–Kier alpha value is -3.58. The molecule has 2 N–H and O–H groups in total.